The zero-order chi connectivity index (χ0) is 21.5. The van der Waals surface area contributed by atoms with Crippen molar-refractivity contribution in [3.8, 4) is 6.07 Å². The number of carbonyl (C=O) groups is 2. The summed E-state index contributed by atoms with van der Waals surface area (Å²) in [6.07, 6.45) is 0. The van der Waals surface area contributed by atoms with E-state index in [-0.39, 0.29) is 6.04 Å². The van der Waals surface area contributed by atoms with E-state index in [9.17, 15) is 9.59 Å². The van der Waals surface area contributed by atoms with Gasteiger partial charge < -0.3 is 15.5 Å². The third kappa shape index (κ3) is 5.44. The van der Waals surface area contributed by atoms with Crippen LogP contribution in [0.5, 0.6) is 0 Å². The van der Waals surface area contributed by atoms with Crippen LogP contribution in [-0.2, 0) is 9.59 Å². The molecule has 1 saturated heterocycles. The van der Waals surface area contributed by atoms with Gasteiger partial charge in [0.2, 0.25) is 0 Å². The first kappa shape index (κ1) is 21.5. The van der Waals surface area contributed by atoms with Crippen LogP contribution in [0.25, 0.3) is 0 Å². The van der Waals surface area contributed by atoms with Gasteiger partial charge in [-0.2, -0.15) is 5.26 Å². The maximum absolute atomic E-state index is 12.4. The van der Waals surface area contributed by atoms with E-state index >= 15 is 0 Å². The number of hydrogen-bond acceptors (Lipinski definition) is 5. The second-order valence-corrected chi connectivity index (χ2v) is 7.59. The van der Waals surface area contributed by atoms with Crippen LogP contribution in [-0.4, -0.2) is 61.4 Å². The third-order valence-corrected chi connectivity index (χ3v) is 5.40. The van der Waals surface area contributed by atoms with Crippen molar-refractivity contribution < 1.29 is 9.59 Å². The van der Waals surface area contributed by atoms with Gasteiger partial charge in [0.15, 0.2) is 0 Å². The van der Waals surface area contributed by atoms with Crippen LogP contribution in [0.15, 0.2) is 48.5 Å². The summed E-state index contributed by atoms with van der Waals surface area (Å²) in [5.74, 6) is -1.49. The van der Waals surface area contributed by atoms with Crippen molar-refractivity contribution >= 4 is 17.5 Å². The Morgan fingerprint density at radius 1 is 1.03 bits per heavy atom. The zero-order valence-electron chi connectivity index (χ0n) is 17.4. The molecule has 1 heterocycles. The van der Waals surface area contributed by atoms with Gasteiger partial charge in [-0.15, -0.1) is 0 Å². The van der Waals surface area contributed by atoms with Crippen molar-refractivity contribution in [3.05, 3.63) is 65.2 Å². The van der Waals surface area contributed by atoms with Crippen molar-refractivity contribution in [2.75, 3.05) is 45.1 Å². The number of anilines is 1. The molecule has 0 unspecified atom stereocenters. The quantitative estimate of drug-likeness (QED) is 0.742. The number of nitriles is 1. The first-order valence-electron chi connectivity index (χ1n) is 10.1. The average Bonchev–Trinajstić information content (AvgIpc) is 2.76. The highest BCUT2D eigenvalue weighted by Crippen LogP contribution is 2.22. The number of hydrogen-bond donors (Lipinski definition) is 2. The van der Waals surface area contributed by atoms with E-state index in [0.717, 1.165) is 31.7 Å². The molecule has 1 fully saturated rings. The van der Waals surface area contributed by atoms with Crippen LogP contribution in [0.1, 0.15) is 22.7 Å². The standard InChI is InChI=1S/C23H27N5O2/c1-17-7-9-18(10-8-17)21(28-13-11-27(2)12-14-28)16-25-22(29)23(30)26-20-6-4-3-5-19(20)15-24/h3-10,21H,11-14,16H2,1-2H3,(H,25,29)(H,26,30)/t21-/m0/s1. The number of piperazine rings is 1. The number of amides is 2. The van der Waals surface area contributed by atoms with Crippen molar-refractivity contribution in [2.45, 2.75) is 13.0 Å². The number of carbonyl (C=O) groups excluding carboxylic acids is 2. The lowest BCUT2D eigenvalue weighted by atomic mass is 10.0. The molecule has 1 atom stereocenters. The highest BCUT2D eigenvalue weighted by atomic mass is 16.2. The Balaban J connectivity index is 1.67. The molecule has 30 heavy (non-hydrogen) atoms. The molecule has 3 rings (SSSR count). The number of benzene rings is 2. The van der Waals surface area contributed by atoms with Crippen LogP contribution in [0.2, 0.25) is 0 Å². The van der Waals surface area contributed by atoms with Gasteiger partial charge in [0.05, 0.1) is 17.3 Å². The Morgan fingerprint density at radius 2 is 1.70 bits per heavy atom. The molecule has 1 aliphatic rings. The molecule has 0 bridgehead atoms. The Morgan fingerprint density at radius 3 is 2.37 bits per heavy atom. The average molecular weight is 406 g/mol. The molecule has 2 aromatic carbocycles. The summed E-state index contributed by atoms with van der Waals surface area (Å²) in [5, 5.41) is 14.4. The molecule has 2 N–H and O–H groups in total. The van der Waals surface area contributed by atoms with Crippen molar-refractivity contribution in [2.24, 2.45) is 0 Å². The summed E-state index contributed by atoms with van der Waals surface area (Å²) >= 11 is 0. The number of rotatable bonds is 5. The van der Waals surface area contributed by atoms with Gasteiger partial charge in [0.1, 0.15) is 6.07 Å². The SMILES string of the molecule is Cc1ccc([C@H](CNC(=O)C(=O)Nc2ccccc2C#N)N2CCN(C)CC2)cc1. The van der Waals surface area contributed by atoms with E-state index in [1.54, 1.807) is 24.3 Å². The Hall–Kier alpha value is -3.21. The molecule has 0 aliphatic carbocycles. The third-order valence-electron chi connectivity index (χ3n) is 5.40. The van der Waals surface area contributed by atoms with Gasteiger partial charge >= 0.3 is 11.8 Å². The van der Waals surface area contributed by atoms with Gasteiger partial charge in [-0.1, -0.05) is 42.0 Å². The highest BCUT2D eigenvalue weighted by molar-refractivity contribution is 6.39. The minimum atomic E-state index is -0.779. The van der Waals surface area contributed by atoms with Crippen LogP contribution >= 0.6 is 0 Å². The molecule has 2 aromatic rings. The largest absolute Gasteiger partial charge is 0.346 e. The zero-order valence-corrected chi connectivity index (χ0v) is 17.4. The van der Waals surface area contributed by atoms with E-state index < -0.39 is 11.8 Å². The number of likely N-dealkylation sites (N-methyl/N-ethyl adjacent to an activating group) is 1. The van der Waals surface area contributed by atoms with Crippen LogP contribution in [0, 0.1) is 18.3 Å². The summed E-state index contributed by atoms with van der Waals surface area (Å²) in [5.41, 5.74) is 2.93. The molecule has 0 saturated carbocycles. The first-order valence-corrected chi connectivity index (χ1v) is 10.1. The first-order chi connectivity index (χ1) is 14.5. The Bertz CT molecular complexity index is 927. The fourth-order valence-corrected chi connectivity index (χ4v) is 3.52. The van der Waals surface area contributed by atoms with E-state index in [1.807, 2.05) is 13.0 Å². The lowest BCUT2D eigenvalue weighted by molar-refractivity contribution is -0.136. The molecule has 1 aliphatic heterocycles. The van der Waals surface area contributed by atoms with Gasteiger partial charge in [-0.25, -0.2) is 0 Å². The predicted molar refractivity (Wildman–Crippen MR) is 116 cm³/mol. The molecule has 2 amide bonds. The summed E-state index contributed by atoms with van der Waals surface area (Å²) in [6.45, 7) is 6.08. The second kappa shape index (κ2) is 10.0. The topological polar surface area (TPSA) is 88.5 Å². The normalized spacial score (nSPS) is 15.8. The molecule has 0 radical (unpaired) electrons. The summed E-state index contributed by atoms with van der Waals surface area (Å²) in [6, 6.07) is 16.9. The molecular formula is C23H27N5O2. The molecule has 0 aromatic heterocycles. The van der Waals surface area contributed by atoms with Gasteiger partial charge in [0.25, 0.3) is 0 Å². The van der Waals surface area contributed by atoms with E-state index in [2.05, 4.69) is 51.7 Å². The van der Waals surface area contributed by atoms with Crippen molar-refractivity contribution in [3.63, 3.8) is 0 Å². The van der Waals surface area contributed by atoms with Gasteiger partial charge in [-0.3, -0.25) is 14.5 Å². The smallest absolute Gasteiger partial charge is 0.313 e. The molecule has 0 spiro atoms. The lowest BCUT2D eigenvalue weighted by Crippen LogP contribution is -2.49. The van der Waals surface area contributed by atoms with Crippen molar-refractivity contribution in [1.82, 2.24) is 15.1 Å². The monoisotopic (exact) mass is 405 g/mol. The minimum Gasteiger partial charge on any atom is -0.346 e. The number of aryl methyl sites for hydroxylation is 1. The van der Waals surface area contributed by atoms with E-state index in [4.69, 9.17) is 5.26 Å². The predicted octanol–water partition coefficient (Wildman–Crippen LogP) is 1.91. The summed E-state index contributed by atoms with van der Waals surface area (Å²) in [4.78, 5) is 29.4. The van der Waals surface area contributed by atoms with Crippen molar-refractivity contribution in [1.29, 1.82) is 5.26 Å². The Kier molecular flexibility index (Phi) is 7.17. The molecular weight excluding hydrogens is 378 g/mol. The second-order valence-electron chi connectivity index (χ2n) is 7.59. The maximum Gasteiger partial charge on any atom is 0.313 e. The molecule has 156 valence electrons. The maximum atomic E-state index is 12.4. The van der Waals surface area contributed by atoms with Crippen LogP contribution in [0.4, 0.5) is 5.69 Å². The lowest BCUT2D eigenvalue weighted by Gasteiger charge is -2.38. The number of para-hydroxylation sites is 1. The van der Waals surface area contributed by atoms with Crippen LogP contribution in [0.3, 0.4) is 0 Å². The van der Waals surface area contributed by atoms with E-state index in [1.165, 1.54) is 5.56 Å². The van der Waals surface area contributed by atoms with Gasteiger partial charge in [0, 0.05) is 32.7 Å². The molecule has 7 nitrogen and oxygen atoms in total. The molecule has 7 heteroatoms. The minimum absolute atomic E-state index is 0.0116. The van der Waals surface area contributed by atoms with E-state index in [0.29, 0.717) is 17.8 Å². The fourth-order valence-electron chi connectivity index (χ4n) is 3.52. The summed E-state index contributed by atoms with van der Waals surface area (Å²) < 4.78 is 0. The highest BCUT2D eigenvalue weighted by Gasteiger charge is 2.25. The summed E-state index contributed by atoms with van der Waals surface area (Å²) in [7, 11) is 2.10. The van der Waals surface area contributed by atoms with Gasteiger partial charge in [-0.05, 0) is 31.7 Å². The number of nitrogens with one attached hydrogen (secondary N) is 2. The fraction of sp³-hybridized carbons (Fsp3) is 0.348. The Labute approximate surface area is 177 Å². The van der Waals surface area contributed by atoms with Crippen LogP contribution < -0.4 is 10.6 Å². The number of nitrogens with zero attached hydrogens (tertiary/aromatic N) is 3.